The van der Waals surface area contributed by atoms with E-state index in [0.717, 1.165) is 6.42 Å². The van der Waals surface area contributed by atoms with E-state index in [1.807, 2.05) is 6.26 Å². The van der Waals surface area contributed by atoms with Crippen molar-refractivity contribution in [3.63, 3.8) is 0 Å². The Morgan fingerprint density at radius 3 is 2.23 bits per heavy atom. The molecule has 1 aromatic heterocycles. The standard InChI is InChI=1S/C21H25.C10H9O.2ClH.Zr/c1-20(2,3)16-7-9-18-14(12-16)11-15-13-17(21(4,5)6)8-10-19(15)18;1-8-2-3-9(6-8)10-4-5-11-7-10;;;/h7-10,12H,11H2,1-6H3;2-5,7-8H,1H3;2*1H;/q;;;;+2/p-2. The van der Waals surface area contributed by atoms with E-state index in [2.05, 4.69) is 97.0 Å². The number of hydrogen-bond acceptors (Lipinski definition) is 1. The van der Waals surface area contributed by atoms with Gasteiger partial charge in [-0.15, -0.1) is 0 Å². The third-order valence-corrected chi connectivity index (χ3v) is 11.6. The number of rotatable bonds is 3. The molecule has 0 aliphatic heterocycles. The molecule has 0 bridgehead atoms. The predicted molar refractivity (Wildman–Crippen MR) is 136 cm³/mol. The van der Waals surface area contributed by atoms with Crippen molar-refractivity contribution >= 4 is 8.84 Å². The second-order valence-electron chi connectivity index (χ2n) is 11.7. The van der Waals surface area contributed by atoms with Crippen LogP contribution in [-0.4, -0.2) is 0 Å². The zero-order chi connectivity index (χ0) is 23.5. The van der Waals surface area contributed by atoms with E-state index in [9.17, 15) is 0 Å². The molecule has 2 aliphatic carbocycles. The molecule has 4 heteroatoms. The molecule has 0 fully saturated rings. The minimum atomic E-state index is -1.03. The summed E-state index contributed by atoms with van der Waals surface area (Å²) in [4.78, 5) is 0. The number of allylic oxidation sites excluding steroid dienone is 4. The topological polar surface area (TPSA) is 13.1 Å². The van der Waals surface area contributed by atoms with Crippen molar-refractivity contribution in [1.82, 2.24) is 0 Å². The van der Waals surface area contributed by atoms with E-state index in [1.54, 1.807) is 23.9 Å². The largest absolute Gasteiger partial charge is 1.00 e. The second-order valence-corrected chi connectivity index (χ2v) is 14.8. The summed E-state index contributed by atoms with van der Waals surface area (Å²) in [6, 6.07) is 14.1. The van der Waals surface area contributed by atoms with E-state index in [4.69, 9.17) is 4.42 Å². The van der Waals surface area contributed by atoms with Crippen molar-refractivity contribution in [2.24, 2.45) is 5.92 Å². The Balaban J connectivity index is 0.00000171. The summed E-state index contributed by atoms with van der Waals surface area (Å²) in [5.41, 5.74) is 12.0. The fourth-order valence-corrected chi connectivity index (χ4v) is 9.89. The van der Waals surface area contributed by atoms with Crippen LogP contribution in [0.2, 0.25) is 0 Å². The molecular weight excluding hydrogens is 550 g/mol. The fraction of sp³-hybridized carbons (Fsp3) is 0.355. The van der Waals surface area contributed by atoms with E-state index in [1.165, 1.54) is 33.4 Å². The Labute approximate surface area is 234 Å². The molecule has 0 radical (unpaired) electrons. The molecule has 1 heterocycles. The molecule has 0 amide bonds. The summed E-state index contributed by atoms with van der Waals surface area (Å²) < 4.78 is 8.81. The van der Waals surface area contributed by atoms with Crippen LogP contribution in [-0.2, 0) is 40.5 Å². The zero-order valence-corrected chi connectivity index (χ0v) is 25.7. The first-order chi connectivity index (χ1) is 15.5. The van der Waals surface area contributed by atoms with Gasteiger partial charge in [0.15, 0.2) is 0 Å². The summed E-state index contributed by atoms with van der Waals surface area (Å²) in [7, 11) is 0. The van der Waals surface area contributed by atoms with E-state index < -0.39 is 23.2 Å². The van der Waals surface area contributed by atoms with Crippen molar-refractivity contribution in [1.29, 1.82) is 0 Å². The van der Waals surface area contributed by atoms with Crippen LogP contribution >= 0.6 is 0 Å². The van der Waals surface area contributed by atoms with Gasteiger partial charge in [-0.1, -0.05) is 0 Å². The summed E-state index contributed by atoms with van der Waals surface area (Å²) >= 11 is -1.03. The van der Waals surface area contributed by atoms with Gasteiger partial charge in [-0.05, 0) is 0 Å². The quantitative estimate of drug-likeness (QED) is 0.358. The predicted octanol–water partition coefficient (Wildman–Crippen LogP) is 1.78. The van der Waals surface area contributed by atoms with Crippen LogP contribution in [0.4, 0.5) is 0 Å². The van der Waals surface area contributed by atoms with Gasteiger partial charge in [0.1, 0.15) is 0 Å². The van der Waals surface area contributed by atoms with Gasteiger partial charge in [0.2, 0.25) is 0 Å². The molecule has 35 heavy (non-hydrogen) atoms. The Bertz CT molecular complexity index is 1280. The van der Waals surface area contributed by atoms with Gasteiger partial charge in [-0.2, -0.15) is 0 Å². The maximum absolute atomic E-state index is 5.44. The Hall–Kier alpha value is -1.34. The summed E-state index contributed by atoms with van der Waals surface area (Å²) in [5.74, 6) is 0.515. The summed E-state index contributed by atoms with van der Waals surface area (Å²) in [5, 5.41) is 0. The summed E-state index contributed by atoms with van der Waals surface area (Å²) in [6.45, 7) is 16.4. The van der Waals surface area contributed by atoms with Gasteiger partial charge in [-0.3, -0.25) is 0 Å². The Morgan fingerprint density at radius 1 is 0.886 bits per heavy atom. The van der Waals surface area contributed by atoms with E-state index in [-0.39, 0.29) is 35.6 Å². The molecule has 2 aliphatic rings. The fourth-order valence-electron chi connectivity index (χ4n) is 5.17. The molecule has 0 saturated heterocycles. The zero-order valence-electron chi connectivity index (χ0n) is 21.7. The minimum absolute atomic E-state index is 0. The Kier molecular flexibility index (Phi) is 8.23. The van der Waals surface area contributed by atoms with Crippen molar-refractivity contribution in [2.75, 3.05) is 0 Å². The average Bonchev–Trinajstić information content (AvgIpc) is 3.45. The maximum atomic E-state index is 5.44. The normalized spacial score (nSPS) is 16.4. The van der Waals surface area contributed by atoms with E-state index in [0.29, 0.717) is 5.92 Å². The van der Waals surface area contributed by atoms with Gasteiger partial charge < -0.3 is 24.8 Å². The number of furan rings is 1. The molecule has 1 nitrogen and oxygen atoms in total. The van der Waals surface area contributed by atoms with Crippen molar-refractivity contribution in [2.45, 2.75) is 65.7 Å². The average molecular weight is 585 g/mol. The van der Waals surface area contributed by atoms with Gasteiger partial charge in [0, 0.05) is 0 Å². The molecule has 2 aromatic carbocycles. The Morgan fingerprint density at radius 2 is 1.60 bits per heavy atom. The van der Waals surface area contributed by atoms with Gasteiger partial charge in [0.05, 0.1) is 0 Å². The van der Waals surface area contributed by atoms with Crippen LogP contribution < -0.4 is 28.1 Å². The van der Waals surface area contributed by atoms with Gasteiger partial charge in [0.25, 0.3) is 0 Å². The molecule has 1 atom stereocenters. The molecule has 5 rings (SSSR count). The summed E-state index contributed by atoms with van der Waals surface area (Å²) in [6.07, 6.45) is 9.48. The first-order valence-electron chi connectivity index (χ1n) is 12.1. The molecule has 182 valence electrons. The SMILES string of the molecule is CC1C=CC(c2ccoc2)=[C]1[Zr+2][c]1c(C(C)(C)C)ccc2c1Cc1cc(C(C)(C)C)ccc1-2.[Cl-].[Cl-]. The van der Waals surface area contributed by atoms with E-state index >= 15 is 0 Å². The van der Waals surface area contributed by atoms with Crippen molar-refractivity contribution < 1.29 is 52.5 Å². The van der Waals surface area contributed by atoms with Crippen LogP contribution in [0, 0.1) is 5.92 Å². The minimum Gasteiger partial charge on any atom is -1.00 e. The molecule has 1 unspecified atom stereocenters. The number of halogens is 2. The van der Waals surface area contributed by atoms with Crippen LogP contribution in [0.15, 0.2) is 68.8 Å². The first kappa shape index (κ1) is 28.2. The first-order valence-corrected chi connectivity index (χ1v) is 14.5. The number of fused-ring (bicyclic) bond motifs is 3. The van der Waals surface area contributed by atoms with Crippen LogP contribution in [0.1, 0.15) is 76.3 Å². The van der Waals surface area contributed by atoms with Gasteiger partial charge >= 0.3 is 211 Å². The molecule has 0 N–H and O–H groups in total. The van der Waals surface area contributed by atoms with Crippen molar-refractivity contribution in [3.8, 4) is 11.1 Å². The molecule has 0 saturated carbocycles. The van der Waals surface area contributed by atoms with Crippen LogP contribution in [0.3, 0.4) is 0 Å². The smallest absolute Gasteiger partial charge is 1.00 e. The third-order valence-electron chi connectivity index (χ3n) is 7.14. The molecule has 3 aromatic rings. The van der Waals surface area contributed by atoms with Crippen LogP contribution in [0.25, 0.3) is 16.7 Å². The van der Waals surface area contributed by atoms with Crippen LogP contribution in [0.5, 0.6) is 0 Å². The monoisotopic (exact) mass is 582 g/mol. The van der Waals surface area contributed by atoms with Gasteiger partial charge in [-0.25, -0.2) is 0 Å². The third kappa shape index (κ3) is 5.23. The molecule has 0 spiro atoms. The second kappa shape index (κ2) is 10.2. The van der Waals surface area contributed by atoms with Crippen molar-refractivity contribution in [3.05, 3.63) is 92.2 Å². The maximum Gasteiger partial charge on any atom is -1.00 e. The molecular formula is C31H34Cl2OZr. The number of benzene rings is 2. The number of hydrogen-bond donors (Lipinski definition) is 0.